The zero-order valence-corrected chi connectivity index (χ0v) is 13.9. The van der Waals surface area contributed by atoms with Gasteiger partial charge < -0.3 is 14.4 Å². The van der Waals surface area contributed by atoms with Gasteiger partial charge in [-0.2, -0.15) is 0 Å². The van der Waals surface area contributed by atoms with E-state index in [1.54, 1.807) is 0 Å². The van der Waals surface area contributed by atoms with Gasteiger partial charge in [-0.3, -0.25) is 0 Å². The highest BCUT2D eigenvalue weighted by Gasteiger charge is 2.59. The van der Waals surface area contributed by atoms with Gasteiger partial charge in [-0.1, -0.05) is 60.7 Å². The second kappa shape index (κ2) is 5.41. The van der Waals surface area contributed by atoms with Gasteiger partial charge in [0.05, 0.1) is 6.61 Å². The molecule has 0 aromatic heterocycles. The molecule has 4 heterocycles. The summed E-state index contributed by atoms with van der Waals surface area (Å²) in [5.74, 6) is -0.169. The molecule has 0 radical (unpaired) electrons. The van der Waals surface area contributed by atoms with Crippen LogP contribution < -0.4 is 0 Å². The van der Waals surface area contributed by atoms with Gasteiger partial charge in [-0.25, -0.2) is 0 Å². The maximum absolute atomic E-state index is 6.92. The highest BCUT2D eigenvalue weighted by molar-refractivity contribution is 5.35. The fourth-order valence-corrected chi connectivity index (χ4v) is 4.74. The molecule has 2 aromatic rings. The van der Waals surface area contributed by atoms with Gasteiger partial charge in [0.1, 0.15) is 5.60 Å². The van der Waals surface area contributed by atoms with E-state index in [0.29, 0.717) is 12.5 Å². The third-order valence-corrected chi connectivity index (χ3v) is 6.00. The molecule has 4 saturated heterocycles. The molecule has 4 aliphatic heterocycles. The van der Waals surface area contributed by atoms with Crippen molar-refractivity contribution in [1.29, 1.82) is 0 Å². The van der Waals surface area contributed by atoms with Gasteiger partial charge in [-0.05, 0) is 31.8 Å². The summed E-state index contributed by atoms with van der Waals surface area (Å²) in [4.78, 5) is 2.54. The van der Waals surface area contributed by atoms with E-state index in [2.05, 4.69) is 53.4 Å². The van der Waals surface area contributed by atoms with Gasteiger partial charge in [-0.15, -0.1) is 0 Å². The first-order valence-corrected chi connectivity index (χ1v) is 8.98. The average Bonchev–Trinajstić information content (AvgIpc) is 3.04. The first-order chi connectivity index (χ1) is 11.8. The van der Waals surface area contributed by atoms with E-state index in [1.165, 1.54) is 25.9 Å². The number of rotatable bonds is 2. The predicted octanol–water partition coefficient (Wildman–Crippen LogP) is 3.40. The second-order valence-electron chi connectivity index (χ2n) is 7.35. The summed E-state index contributed by atoms with van der Waals surface area (Å²) in [5, 5.41) is 0. The van der Waals surface area contributed by atoms with Crippen molar-refractivity contribution in [2.24, 2.45) is 5.92 Å². The molecule has 4 fully saturated rings. The molecule has 3 heteroatoms. The minimum Gasteiger partial charge on any atom is -0.339 e. The minimum absolute atomic E-state index is 0.165. The van der Waals surface area contributed by atoms with E-state index in [9.17, 15) is 0 Å². The van der Waals surface area contributed by atoms with E-state index in [0.717, 1.165) is 17.7 Å². The Morgan fingerprint density at radius 1 is 0.833 bits per heavy atom. The molecule has 2 aromatic carbocycles. The lowest BCUT2D eigenvalue weighted by atomic mass is 9.76. The van der Waals surface area contributed by atoms with Crippen molar-refractivity contribution in [3.8, 4) is 0 Å². The number of ether oxygens (including phenoxy) is 2. The summed E-state index contributed by atoms with van der Waals surface area (Å²) in [6.07, 6.45) is 2.45. The minimum atomic E-state index is -0.777. The van der Waals surface area contributed by atoms with Crippen molar-refractivity contribution < 1.29 is 9.47 Å². The molecule has 1 unspecified atom stereocenters. The number of hydrogen-bond donors (Lipinski definition) is 0. The largest absolute Gasteiger partial charge is 0.339 e. The van der Waals surface area contributed by atoms with Crippen LogP contribution in [0.5, 0.6) is 0 Å². The fourth-order valence-electron chi connectivity index (χ4n) is 4.74. The SMILES string of the molecule is c1ccc(C2(c3ccccc3)OCC3(CN4CCC3CC4)O2)cc1. The molecule has 3 nitrogen and oxygen atoms in total. The molecular weight excluding hydrogens is 298 g/mol. The monoisotopic (exact) mass is 321 g/mol. The molecule has 1 spiro atoms. The summed E-state index contributed by atoms with van der Waals surface area (Å²) in [7, 11) is 0. The Hall–Kier alpha value is -1.68. The van der Waals surface area contributed by atoms with Crippen molar-refractivity contribution in [3.63, 3.8) is 0 Å². The fraction of sp³-hybridized carbons (Fsp3) is 0.429. The van der Waals surface area contributed by atoms with E-state index < -0.39 is 5.79 Å². The van der Waals surface area contributed by atoms with Crippen LogP contribution in [0.4, 0.5) is 0 Å². The molecule has 0 amide bonds. The summed E-state index contributed by atoms with van der Waals surface area (Å²) < 4.78 is 13.4. The van der Waals surface area contributed by atoms with Crippen LogP contribution in [0.25, 0.3) is 0 Å². The Morgan fingerprint density at radius 3 is 1.92 bits per heavy atom. The quantitative estimate of drug-likeness (QED) is 0.846. The molecule has 4 aliphatic rings. The topological polar surface area (TPSA) is 21.7 Å². The molecular formula is C21H23NO2. The van der Waals surface area contributed by atoms with E-state index in [4.69, 9.17) is 9.47 Å². The maximum Gasteiger partial charge on any atom is 0.223 e. The maximum atomic E-state index is 6.92. The van der Waals surface area contributed by atoms with Crippen LogP contribution in [-0.4, -0.2) is 36.7 Å². The zero-order valence-electron chi connectivity index (χ0n) is 13.9. The van der Waals surface area contributed by atoms with Crippen LogP contribution >= 0.6 is 0 Å². The molecule has 6 rings (SSSR count). The van der Waals surface area contributed by atoms with Crippen LogP contribution in [0.1, 0.15) is 24.0 Å². The number of benzene rings is 2. The van der Waals surface area contributed by atoms with Crippen molar-refractivity contribution in [3.05, 3.63) is 71.8 Å². The Morgan fingerprint density at radius 2 is 1.42 bits per heavy atom. The van der Waals surface area contributed by atoms with Crippen molar-refractivity contribution in [1.82, 2.24) is 4.90 Å². The first kappa shape index (κ1) is 14.6. The van der Waals surface area contributed by atoms with Gasteiger partial charge in [0, 0.05) is 17.7 Å². The highest BCUT2D eigenvalue weighted by Crippen LogP contribution is 2.51. The summed E-state index contributed by atoms with van der Waals surface area (Å²) in [6.45, 7) is 4.09. The summed E-state index contributed by atoms with van der Waals surface area (Å²) in [5.41, 5.74) is 2.01. The smallest absolute Gasteiger partial charge is 0.223 e. The number of hydrogen-bond acceptors (Lipinski definition) is 3. The van der Waals surface area contributed by atoms with Crippen molar-refractivity contribution in [2.75, 3.05) is 26.2 Å². The summed E-state index contributed by atoms with van der Waals surface area (Å²) in [6, 6.07) is 20.8. The molecule has 0 aliphatic carbocycles. The van der Waals surface area contributed by atoms with E-state index in [-0.39, 0.29) is 5.60 Å². The number of piperidine rings is 3. The standard InChI is InChI=1S/C21H23NO2/c1-3-7-18(8-4-1)21(19-9-5-2-6-10-19)23-16-20(24-21)15-22-13-11-17(20)12-14-22/h1-10,17H,11-16H2. The molecule has 0 saturated carbocycles. The van der Waals surface area contributed by atoms with E-state index in [1.807, 2.05) is 12.1 Å². The van der Waals surface area contributed by atoms with E-state index >= 15 is 0 Å². The number of nitrogens with zero attached hydrogens (tertiary/aromatic N) is 1. The predicted molar refractivity (Wildman–Crippen MR) is 92.6 cm³/mol. The molecule has 2 bridgehead atoms. The molecule has 124 valence electrons. The lowest BCUT2D eigenvalue weighted by Gasteiger charge is -2.50. The Balaban J connectivity index is 1.60. The van der Waals surface area contributed by atoms with Crippen molar-refractivity contribution >= 4 is 0 Å². The summed E-state index contributed by atoms with van der Waals surface area (Å²) >= 11 is 0. The molecule has 1 atom stereocenters. The van der Waals surface area contributed by atoms with Gasteiger partial charge >= 0.3 is 0 Å². The molecule has 24 heavy (non-hydrogen) atoms. The second-order valence-corrected chi connectivity index (χ2v) is 7.35. The first-order valence-electron chi connectivity index (χ1n) is 8.98. The zero-order chi connectivity index (χ0) is 16.0. The molecule has 0 N–H and O–H groups in total. The third-order valence-electron chi connectivity index (χ3n) is 6.00. The van der Waals surface area contributed by atoms with Crippen LogP contribution in [0, 0.1) is 5.92 Å². The van der Waals surface area contributed by atoms with Crippen LogP contribution in [0.3, 0.4) is 0 Å². The van der Waals surface area contributed by atoms with Crippen LogP contribution in [-0.2, 0) is 15.3 Å². The Kier molecular flexibility index (Phi) is 3.30. The van der Waals surface area contributed by atoms with Gasteiger partial charge in [0.25, 0.3) is 0 Å². The Labute approximate surface area is 143 Å². The Bertz CT molecular complexity index is 670. The van der Waals surface area contributed by atoms with Gasteiger partial charge in [0.15, 0.2) is 0 Å². The average molecular weight is 321 g/mol. The third kappa shape index (κ3) is 2.08. The van der Waals surface area contributed by atoms with Gasteiger partial charge in [0.2, 0.25) is 5.79 Å². The lowest BCUT2D eigenvalue weighted by Crippen LogP contribution is -2.61. The van der Waals surface area contributed by atoms with Crippen LogP contribution in [0.15, 0.2) is 60.7 Å². The highest BCUT2D eigenvalue weighted by atomic mass is 16.8. The van der Waals surface area contributed by atoms with Crippen molar-refractivity contribution in [2.45, 2.75) is 24.2 Å². The normalized spacial score (nSPS) is 33.8. The lowest BCUT2D eigenvalue weighted by molar-refractivity contribution is -0.200. The number of fused-ring (bicyclic) bond motifs is 2. The van der Waals surface area contributed by atoms with Crippen LogP contribution in [0.2, 0.25) is 0 Å².